The van der Waals surface area contributed by atoms with Gasteiger partial charge in [-0.2, -0.15) is 0 Å². The number of amides is 2. The van der Waals surface area contributed by atoms with Gasteiger partial charge in [0.2, 0.25) is 0 Å². The summed E-state index contributed by atoms with van der Waals surface area (Å²) in [5.74, 6) is -1.88. The SMILES string of the molecule is Cc1ccc(C(=O)NCC(=O)O)cc1NC(=O)c1cc2ccccc2s1. The van der Waals surface area contributed by atoms with E-state index >= 15 is 0 Å². The Kier molecular flexibility index (Phi) is 4.99. The largest absolute Gasteiger partial charge is 0.480 e. The molecule has 0 spiro atoms. The van der Waals surface area contributed by atoms with Gasteiger partial charge in [-0.25, -0.2) is 0 Å². The third-order valence-electron chi connectivity index (χ3n) is 3.80. The number of fused-ring (bicyclic) bond motifs is 1. The van der Waals surface area contributed by atoms with Crippen LogP contribution < -0.4 is 10.6 Å². The Morgan fingerprint density at radius 2 is 1.81 bits per heavy atom. The second kappa shape index (κ2) is 7.37. The normalized spacial score (nSPS) is 10.5. The molecular formula is C19H16N2O4S. The number of aliphatic carboxylic acids is 1. The first-order chi connectivity index (χ1) is 12.4. The van der Waals surface area contributed by atoms with Gasteiger partial charge < -0.3 is 15.7 Å². The highest BCUT2D eigenvalue weighted by atomic mass is 32.1. The molecule has 26 heavy (non-hydrogen) atoms. The first-order valence-electron chi connectivity index (χ1n) is 7.84. The van der Waals surface area contributed by atoms with E-state index in [1.807, 2.05) is 37.3 Å². The van der Waals surface area contributed by atoms with E-state index in [9.17, 15) is 14.4 Å². The van der Waals surface area contributed by atoms with Crippen LogP contribution in [0.1, 0.15) is 25.6 Å². The van der Waals surface area contributed by atoms with Crippen LogP contribution in [0.4, 0.5) is 5.69 Å². The Bertz CT molecular complexity index is 977. The van der Waals surface area contributed by atoms with Gasteiger partial charge in [-0.1, -0.05) is 24.3 Å². The summed E-state index contributed by atoms with van der Waals surface area (Å²) in [6, 6.07) is 14.4. The second-order valence-corrected chi connectivity index (χ2v) is 6.79. The maximum absolute atomic E-state index is 12.6. The van der Waals surface area contributed by atoms with E-state index in [0.29, 0.717) is 10.6 Å². The van der Waals surface area contributed by atoms with Gasteiger partial charge in [-0.3, -0.25) is 14.4 Å². The lowest BCUT2D eigenvalue weighted by Gasteiger charge is -2.10. The molecule has 0 saturated heterocycles. The van der Waals surface area contributed by atoms with Crippen LogP contribution in [0.25, 0.3) is 10.1 Å². The fraction of sp³-hybridized carbons (Fsp3) is 0.105. The molecule has 1 heterocycles. The Labute approximate surface area is 153 Å². The zero-order valence-corrected chi connectivity index (χ0v) is 14.7. The molecule has 6 nitrogen and oxygen atoms in total. The molecule has 3 aromatic rings. The Morgan fingerprint density at radius 3 is 2.54 bits per heavy atom. The molecule has 7 heteroatoms. The van der Waals surface area contributed by atoms with Gasteiger partial charge in [0, 0.05) is 16.0 Å². The van der Waals surface area contributed by atoms with Gasteiger partial charge in [0.15, 0.2) is 0 Å². The summed E-state index contributed by atoms with van der Waals surface area (Å²) in [4.78, 5) is 35.7. The molecule has 2 aromatic carbocycles. The predicted octanol–water partition coefficient (Wildman–Crippen LogP) is 3.28. The van der Waals surface area contributed by atoms with E-state index in [-0.39, 0.29) is 11.5 Å². The van der Waals surface area contributed by atoms with Crippen molar-refractivity contribution >= 4 is 44.9 Å². The maximum Gasteiger partial charge on any atom is 0.322 e. The molecule has 3 rings (SSSR count). The summed E-state index contributed by atoms with van der Waals surface area (Å²) in [6.45, 7) is 1.36. The first-order valence-corrected chi connectivity index (χ1v) is 8.66. The Hall–Kier alpha value is -3.19. The minimum absolute atomic E-state index is 0.252. The van der Waals surface area contributed by atoms with Crippen LogP contribution in [-0.4, -0.2) is 29.4 Å². The zero-order valence-electron chi connectivity index (χ0n) is 13.9. The number of carboxylic acids is 1. The monoisotopic (exact) mass is 368 g/mol. The fourth-order valence-corrected chi connectivity index (χ4v) is 3.39. The number of rotatable bonds is 5. The van der Waals surface area contributed by atoms with Crippen LogP contribution in [0.3, 0.4) is 0 Å². The van der Waals surface area contributed by atoms with Gasteiger partial charge >= 0.3 is 5.97 Å². The Balaban J connectivity index is 1.80. The molecule has 0 atom stereocenters. The molecule has 0 bridgehead atoms. The number of carbonyl (C=O) groups excluding carboxylic acids is 2. The van der Waals surface area contributed by atoms with Gasteiger partial charge in [0.05, 0.1) is 4.88 Å². The molecule has 132 valence electrons. The van der Waals surface area contributed by atoms with Gasteiger partial charge in [-0.15, -0.1) is 11.3 Å². The summed E-state index contributed by atoms with van der Waals surface area (Å²) >= 11 is 1.40. The predicted molar refractivity (Wildman–Crippen MR) is 101 cm³/mol. The lowest BCUT2D eigenvalue weighted by Crippen LogP contribution is -2.29. The van der Waals surface area contributed by atoms with Gasteiger partial charge in [0.25, 0.3) is 11.8 Å². The highest BCUT2D eigenvalue weighted by Crippen LogP contribution is 2.26. The number of aryl methyl sites for hydroxylation is 1. The van der Waals surface area contributed by atoms with Crippen molar-refractivity contribution in [3.63, 3.8) is 0 Å². The standard InChI is InChI=1S/C19H16N2O4S/c1-11-6-7-13(18(24)20-10-17(22)23)8-14(11)21-19(25)16-9-12-4-2-3-5-15(12)26-16/h2-9H,10H2,1H3,(H,20,24)(H,21,25)(H,22,23). The molecule has 2 amide bonds. The molecule has 0 fully saturated rings. The fourth-order valence-electron chi connectivity index (χ4n) is 2.43. The van der Waals surface area contributed by atoms with E-state index in [2.05, 4.69) is 10.6 Å². The second-order valence-electron chi connectivity index (χ2n) is 5.71. The summed E-state index contributed by atoms with van der Waals surface area (Å²) in [7, 11) is 0. The number of benzene rings is 2. The van der Waals surface area contributed by atoms with E-state index in [1.54, 1.807) is 12.1 Å². The summed E-state index contributed by atoms with van der Waals surface area (Å²) < 4.78 is 1.02. The third kappa shape index (κ3) is 3.89. The molecule has 0 aliphatic heterocycles. The quantitative estimate of drug-likeness (QED) is 0.644. The van der Waals surface area contributed by atoms with Crippen LogP contribution in [0, 0.1) is 6.92 Å². The molecular weight excluding hydrogens is 352 g/mol. The first kappa shape index (κ1) is 17.6. The van der Waals surface area contributed by atoms with Crippen molar-refractivity contribution < 1.29 is 19.5 Å². The average molecular weight is 368 g/mol. The highest BCUT2D eigenvalue weighted by Gasteiger charge is 2.14. The molecule has 0 aliphatic rings. The lowest BCUT2D eigenvalue weighted by atomic mass is 10.1. The van der Waals surface area contributed by atoms with Crippen molar-refractivity contribution in [3.05, 3.63) is 64.5 Å². The summed E-state index contributed by atoms with van der Waals surface area (Å²) in [5.41, 5.74) is 1.59. The van der Waals surface area contributed by atoms with Crippen molar-refractivity contribution in [3.8, 4) is 0 Å². The average Bonchev–Trinajstić information content (AvgIpc) is 3.05. The number of anilines is 1. The molecule has 0 radical (unpaired) electrons. The summed E-state index contributed by atoms with van der Waals surface area (Å²) in [5, 5.41) is 14.8. The highest BCUT2D eigenvalue weighted by molar-refractivity contribution is 7.20. The van der Waals surface area contributed by atoms with Crippen LogP contribution in [0.15, 0.2) is 48.5 Å². The summed E-state index contributed by atoms with van der Waals surface area (Å²) in [6.07, 6.45) is 0. The number of hydrogen-bond donors (Lipinski definition) is 3. The number of nitrogens with one attached hydrogen (secondary N) is 2. The molecule has 1 aromatic heterocycles. The number of carboxylic acid groups (broad SMARTS) is 1. The van der Waals surface area contributed by atoms with Gasteiger partial charge in [-0.05, 0) is 42.1 Å². The molecule has 0 saturated carbocycles. The zero-order chi connectivity index (χ0) is 18.7. The lowest BCUT2D eigenvalue weighted by molar-refractivity contribution is -0.135. The number of carbonyl (C=O) groups is 3. The van der Waals surface area contributed by atoms with Crippen LogP contribution in [0.2, 0.25) is 0 Å². The smallest absolute Gasteiger partial charge is 0.322 e. The Morgan fingerprint density at radius 1 is 1.04 bits per heavy atom. The van der Waals surface area contributed by atoms with Crippen molar-refractivity contribution in [2.75, 3.05) is 11.9 Å². The minimum Gasteiger partial charge on any atom is -0.480 e. The van der Waals surface area contributed by atoms with Crippen molar-refractivity contribution in [2.24, 2.45) is 0 Å². The number of thiophene rings is 1. The van der Waals surface area contributed by atoms with Crippen LogP contribution >= 0.6 is 11.3 Å². The molecule has 0 aliphatic carbocycles. The topological polar surface area (TPSA) is 95.5 Å². The third-order valence-corrected chi connectivity index (χ3v) is 4.91. The van der Waals surface area contributed by atoms with Crippen LogP contribution in [0.5, 0.6) is 0 Å². The van der Waals surface area contributed by atoms with E-state index in [0.717, 1.165) is 15.6 Å². The van der Waals surface area contributed by atoms with Crippen molar-refractivity contribution in [1.29, 1.82) is 0 Å². The maximum atomic E-state index is 12.6. The molecule has 0 unspecified atom stereocenters. The van der Waals surface area contributed by atoms with Crippen molar-refractivity contribution in [1.82, 2.24) is 5.32 Å². The number of hydrogen-bond acceptors (Lipinski definition) is 4. The molecule has 3 N–H and O–H groups in total. The van der Waals surface area contributed by atoms with E-state index in [1.165, 1.54) is 17.4 Å². The van der Waals surface area contributed by atoms with Gasteiger partial charge in [0.1, 0.15) is 6.54 Å². The van der Waals surface area contributed by atoms with Crippen LogP contribution in [-0.2, 0) is 4.79 Å². The van der Waals surface area contributed by atoms with Crippen molar-refractivity contribution in [2.45, 2.75) is 6.92 Å². The minimum atomic E-state index is -1.12. The van der Waals surface area contributed by atoms with E-state index in [4.69, 9.17) is 5.11 Å². The van der Waals surface area contributed by atoms with E-state index < -0.39 is 18.4 Å².